The maximum absolute atomic E-state index is 12.7. The van der Waals surface area contributed by atoms with Crippen LogP contribution in [0.3, 0.4) is 0 Å². The number of barbiturate groups is 1. The highest BCUT2D eigenvalue weighted by Gasteiger charge is 2.40. The number of aryl methyl sites for hydroxylation is 1. The molecule has 1 N–H and O–H groups in total. The van der Waals surface area contributed by atoms with Gasteiger partial charge in [0.25, 0.3) is 5.91 Å². The molecule has 1 atom stereocenters. The molecule has 2 aromatic rings. The summed E-state index contributed by atoms with van der Waals surface area (Å²) in [5.41, 5.74) is 1.71. The number of imide groups is 2. The quantitative estimate of drug-likeness (QED) is 0.678. The Labute approximate surface area is 149 Å². The molecule has 1 heterocycles. The van der Waals surface area contributed by atoms with E-state index in [4.69, 9.17) is 11.6 Å². The third-order valence-electron chi connectivity index (χ3n) is 3.68. The summed E-state index contributed by atoms with van der Waals surface area (Å²) in [4.78, 5) is 41.9. The second kappa shape index (κ2) is 6.86. The van der Waals surface area contributed by atoms with E-state index in [9.17, 15) is 14.4 Å². The van der Waals surface area contributed by atoms with E-state index in [1.165, 1.54) is 6.21 Å². The highest BCUT2D eigenvalue weighted by molar-refractivity contribution is 6.34. The lowest BCUT2D eigenvalue weighted by molar-refractivity contribution is -0.131. The van der Waals surface area contributed by atoms with Crippen molar-refractivity contribution in [3.05, 3.63) is 59.1 Å². The van der Waals surface area contributed by atoms with Crippen LogP contribution in [0.4, 0.5) is 16.2 Å². The van der Waals surface area contributed by atoms with Crippen molar-refractivity contribution in [2.75, 3.05) is 4.90 Å². The van der Waals surface area contributed by atoms with Gasteiger partial charge in [-0.2, -0.15) is 0 Å². The van der Waals surface area contributed by atoms with Gasteiger partial charge in [-0.3, -0.25) is 19.9 Å². The number of para-hydroxylation sites is 1. The Morgan fingerprint density at radius 2 is 1.88 bits per heavy atom. The SMILES string of the molecule is Cc1cccc(N2C(=O)NC(=O)[C@H](C=Nc3ccccc3Cl)C2=O)c1. The van der Waals surface area contributed by atoms with E-state index in [2.05, 4.69) is 10.3 Å². The van der Waals surface area contributed by atoms with Crippen LogP contribution in [-0.2, 0) is 9.59 Å². The van der Waals surface area contributed by atoms with Crippen LogP contribution in [0.15, 0.2) is 53.5 Å². The fraction of sp³-hybridized carbons (Fsp3) is 0.111. The third-order valence-corrected chi connectivity index (χ3v) is 4.00. The van der Waals surface area contributed by atoms with Crippen LogP contribution >= 0.6 is 11.6 Å². The van der Waals surface area contributed by atoms with E-state index >= 15 is 0 Å². The Morgan fingerprint density at radius 3 is 2.60 bits per heavy atom. The Balaban J connectivity index is 1.92. The monoisotopic (exact) mass is 355 g/mol. The molecule has 1 fully saturated rings. The molecular weight excluding hydrogens is 342 g/mol. The van der Waals surface area contributed by atoms with Gasteiger partial charge in [0, 0.05) is 6.21 Å². The van der Waals surface area contributed by atoms with E-state index in [1.807, 2.05) is 13.0 Å². The number of amides is 4. The number of hydrogen-bond acceptors (Lipinski definition) is 4. The molecule has 1 aliphatic heterocycles. The summed E-state index contributed by atoms with van der Waals surface area (Å²) in [5, 5.41) is 2.58. The standard InChI is InChI=1S/C18H14ClN3O3/c1-11-5-4-6-12(9-11)22-17(24)13(16(23)21-18(22)25)10-20-15-8-3-2-7-14(15)19/h2-10,13H,1H3,(H,21,23,25)/t13-/m0/s1. The van der Waals surface area contributed by atoms with Crippen LogP contribution in [0.25, 0.3) is 0 Å². The van der Waals surface area contributed by atoms with Gasteiger partial charge in [-0.25, -0.2) is 9.69 Å². The van der Waals surface area contributed by atoms with Gasteiger partial charge in [0.1, 0.15) is 0 Å². The fourth-order valence-electron chi connectivity index (χ4n) is 2.44. The summed E-state index contributed by atoms with van der Waals surface area (Å²) in [5.74, 6) is -2.58. The number of nitrogens with one attached hydrogen (secondary N) is 1. The molecule has 25 heavy (non-hydrogen) atoms. The Morgan fingerprint density at radius 1 is 1.12 bits per heavy atom. The predicted octanol–water partition coefficient (Wildman–Crippen LogP) is 3.25. The smallest absolute Gasteiger partial charge is 0.276 e. The molecule has 6 nitrogen and oxygen atoms in total. The van der Waals surface area contributed by atoms with E-state index in [1.54, 1.807) is 42.5 Å². The molecule has 0 aromatic heterocycles. The predicted molar refractivity (Wildman–Crippen MR) is 95.3 cm³/mol. The van der Waals surface area contributed by atoms with Crippen molar-refractivity contribution in [3.63, 3.8) is 0 Å². The van der Waals surface area contributed by atoms with Crippen molar-refractivity contribution in [1.29, 1.82) is 0 Å². The molecule has 0 radical (unpaired) electrons. The number of anilines is 1. The molecule has 3 rings (SSSR count). The first-order chi connectivity index (χ1) is 12.0. The molecular formula is C18H14ClN3O3. The second-order valence-corrected chi connectivity index (χ2v) is 5.92. The van der Waals surface area contributed by atoms with Crippen molar-refractivity contribution in [1.82, 2.24) is 5.32 Å². The zero-order chi connectivity index (χ0) is 18.0. The second-order valence-electron chi connectivity index (χ2n) is 5.51. The molecule has 126 valence electrons. The molecule has 0 unspecified atom stereocenters. The molecule has 0 spiro atoms. The summed E-state index contributed by atoms with van der Waals surface area (Å²) in [6, 6.07) is 12.9. The highest BCUT2D eigenvalue weighted by Crippen LogP contribution is 2.25. The maximum Gasteiger partial charge on any atom is 0.335 e. The van der Waals surface area contributed by atoms with Crippen LogP contribution in [0.1, 0.15) is 5.56 Å². The van der Waals surface area contributed by atoms with Crippen LogP contribution in [-0.4, -0.2) is 24.1 Å². The van der Waals surface area contributed by atoms with Gasteiger partial charge in [0.05, 0.1) is 16.4 Å². The van der Waals surface area contributed by atoms with Gasteiger partial charge in [-0.15, -0.1) is 0 Å². The zero-order valence-electron chi connectivity index (χ0n) is 13.3. The number of urea groups is 1. The Kier molecular flexibility index (Phi) is 4.63. The summed E-state index contributed by atoms with van der Waals surface area (Å²) in [6.07, 6.45) is 1.20. The van der Waals surface area contributed by atoms with Crippen molar-refractivity contribution in [2.45, 2.75) is 6.92 Å². The van der Waals surface area contributed by atoms with Gasteiger partial charge in [-0.1, -0.05) is 35.9 Å². The first kappa shape index (κ1) is 16.9. The Hall–Kier alpha value is -2.99. The van der Waals surface area contributed by atoms with Crippen LogP contribution in [0, 0.1) is 12.8 Å². The molecule has 0 aliphatic carbocycles. The summed E-state index contributed by atoms with van der Waals surface area (Å²) < 4.78 is 0. The van der Waals surface area contributed by atoms with Gasteiger partial charge >= 0.3 is 6.03 Å². The minimum absolute atomic E-state index is 0.395. The molecule has 0 saturated carbocycles. The topological polar surface area (TPSA) is 78.8 Å². The van der Waals surface area contributed by atoms with E-state index in [-0.39, 0.29) is 0 Å². The lowest BCUT2D eigenvalue weighted by Gasteiger charge is -2.28. The molecule has 1 aliphatic rings. The number of halogens is 1. The molecule has 7 heteroatoms. The largest absolute Gasteiger partial charge is 0.335 e. The van der Waals surface area contributed by atoms with Gasteiger partial charge in [-0.05, 0) is 36.8 Å². The normalized spacial score (nSPS) is 17.9. The maximum atomic E-state index is 12.7. The molecule has 0 bridgehead atoms. The van der Waals surface area contributed by atoms with Gasteiger partial charge in [0.2, 0.25) is 5.91 Å². The van der Waals surface area contributed by atoms with Crippen molar-refractivity contribution < 1.29 is 14.4 Å². The zero-order valence-corrected chi connectivity index (χ0v) is 14.0. The average molecular weight is 356 g/mol. The number of carbonyl (C=O) groups is 3. The number of rotatable bonds is 3. The van der Waals surface area contributed by atoms with E-state index in [0.29, 0.717) is 16.4 Å². The fourth-order valence-corrected chi connectivity index (χ4v) is 2.63. The number of carbonyl (C=O) groups excluding carboxylic acids is 3. The number of benzene rings is 2. The summed E-state index contributed by atoms with van der Waals surface area (Å²) in [6.45, 7) is 1.84. The lowest BCUT2D eigenvalue weighted by atomic mass is 10.1. The van der Waals surface area contributed by atoms with Gasteiger partial charge in [0.15, 0.2) is 5.92 Å². The van der Waals surface area contributed by atoms with Crippen molar-refractivity contribution >= 4 is 47.0 Å². The van der Waals surface area contributed by atoms with E-state index in [0.717, 1.165) is 10.5 Å². The number of nitrogens with zero attached hydrogens (tertiary/aromatic N) is 2. The highest BCUT2D eigenvalue weighted by atomic mass is 35.5. The minimum Gasteiger partial charge on any atom is -0.276 e. The molecule has 1 saturated heterocycles. The van der Waals surface area contributed by atoms with Crippen LogP contribution < -0.4 is 10.2 Å². The molecule has 2 aromatic carbocycles. The summed E-state index contributed by atoms with van der Waals surface area (Å²) in [7, 11) is 0. The minimum atomic E-state index is -1.21. The van der Waals surface area contributed by atoms with E-state index < -0.39 is 23.8 Å². The lowest BCUT2D eigenvalue weighted by Crippen LogP contribution is -2.58. The van der Waals surface area contributed by atoms with Crippen molar-refractivity contribution in [3.8, 4) is 0 Å². The molecule has 4 amide bonds. The first-order valence-corrected chi connectivity index (χ1v) is 7.89. The Bertz CT molecular complexity index is 895. The average Bonchev–Trinajstić information content (AvgIpc) is 2.56. The number of hydrogen-bond donors (Lipinski definition) is 1. The first-order valence-electron chi connectivity index (χ1n) is 7.51. The van der Waals surface area contributed by atoms with Gasteiger partial charge < -0.3 is 0 Å². The van der Waals surface area contributed by atoms with Crippen LogP contribution in [0.2, 0.25) is 5.02 Å². The van der Waals surface area contributed by atoms with Crippen molar-refractivity contribution in [2.24, 2.45) is 10.9 Å². The number of aliphatic imine (C=N–C) groups is 1. The summed E-state index contributed by atoms with van der Waals surface area (Å²) >= 11 is 6.02. The van der Waals surface area contributed by atoms with Crippen LogP contribution in [0.5, 0.6) is 0 Å². The third kappa shape index (κ3) is 3.44.